The molecule has 0 aliphatic rings. The molecule has 0 spiro atoms. The molecule has 1 aromatic rings. The summed E-state index contributed by atoms with van der Waals surface area (Å²) in [7, 11) is 2.09. The topological polar surface area (TPSA) is 3.24 Å². The summed E-state index contributed by atoms with van der Waals surface area (Å²) in [6, 6.07) is 6.26. The summed E-state index contributed by atoms with van der Waals surface area (Å²) in [5.74, 6) is 0. The smallest absolute Gasteiger partial charge is 0.0595 e. The predicted octanol–water partition coefficient (Wildman–Crippen LogP) is 4.21. The van der Waals surface area contributed by atoms with Gasteiger partial charge in [0.1, 0.15) is 0 Å². The van der Waals surface area contributed by atoms with Crippen molar-refractivity contribution >= 4 is 39.1 Å². The van der Waals surface area contributed by atoms with E-state index in [0.29, 0.717) is 16.1 Å². The van der Waals surface area contributed by atoms with Gasteiger partial charge in [-0.3, -0.25) is 4.90 Å². The molecule has 1 aromatic carbocycles. The second-order valence-corrected chi connectivity index (χ2v) is 5.13. The van der Waals surface area contributed by atoms with Gasteiger partial charge in [-0.05, 0) is 31.7 Å². The summed E-state index contributed by atoms with van der Waals surface area (Å²) in [5.41, 5.74) is 1.18. The van der Waals surface area contributed by atoms with E-state index in [1.54, 1.807) is 0 Å². The maximum atomic E-state index is 5.95. The van der Waals surface area contributed by atoms with Gasteiger partial charge in [-0.1, -0.05) is 45.2 Å². The molecule has 15 heavy (non-hydrogen) atoms. The third kappa shape index (κ3) is 3.95. The van der Waals surface area contributed by atoms with Gasteiger partial charge in [0.25, 0.3) is 0 Å². The Morgan fingerprint density at radius 1 is 1.33 bits per heavy atom. The first-order valence-corrected chi connectivity index (χ1v) is 6.62. The van der Waals surface area contributed by atoms with Crippen LogP contribution in [-0.4, -0.2) is 23.3 Å². The molecule has 0 bridgehead atoms. The first-order chi connectivity index (χ1) is 7.04. The van der Waals surface area contributed by atoms with Crippen LogP contribution in [-0.2, 0) is 6.54 Å². The van der Waals surface area contributed by atoms with Crippen LogP contribution >= 0.6 is 39.1 Å². The number of nitrogens with zero attached hydrogens (tertiary/aromatic N) is 1. The highest BCUT2D eigenvalue weighted by molar-refractivity contribution is 9.09. The number of hydrogen-bond acceptors (Lipinski definition) is 1. The zero-order chi connectivity index (χ0) is 11.4. The van der Waals surface area contributed by atoms with Crippen LogP contribution in [0.4, 0.5) is 0 Å². The Bertz CT molecular complexity index is 330. The van der Waals surface area contributed by atoms with Crippen molar-refractivity contribution in [2.75, 3.05) is 12.4 Å². The van der Waals surface area contributed by atoms with Crippen LogP contribution in [0.15, 0.2) is 18.2 Å². The second kappa shape index (κ2) is 6.09. The van der Waals surface area contributed by atoms with Crippen LogP contribution < -0.4 is 0 Å². The molecule has 0 aliphatic carbocycles. The van der Waals surface area contributed by atoms with Crippen molar-refractivity contribution in [1.82, 2.24) is 4.90 Å². The summed E-state index contributed by atoms with van der Waals surface area (Å²) in [6.45, 7) is 3.05. The van der Waals surface area contributed by atoms with Gasteiger partial charge in [0.15, 0.2) is 0 Å². The van der Waals surface area contributed by atoms with E-state index in [4.69, 9.17) is 23.2 Å². The SMILES string of the molecule is CC(CBr)N(C)Cc1ccc(Cl)c(Cl)c1. The van der Waals surface area contributed by atoms with Crippen LogP contribution in [0, 0.1) is 0 Å². The van der Waals surface area contributed by atoms with Gasteiger partial charge in [0.2, 0.25) is 0 Å². The van der Waals surface area contributed by atoms with E-state index in [9.17, 15) is 0 Å². The minimum Gasteiger partial charge on any atom is -0.299 e. The monoisotopic (exact) mass is 309 g/mol. The average molecular weight is 311 g/mol. The normalized spacial score (nSPS) is 13.2. The molecular formula is C11H14BrCl2N. The van der Waals surface area contributed by atoms with Crippen molar-refractivity contribution in [2.45, 2.75) is 19.5 Å². The fourth-order valence-electron chi connectivity index (χ4n) is 1.20. The Hall–Kier alpha value is 0.240. The van der Waals surface area contributed by atoms with E-state index in [0.717, 1.165) is 11.9 Å². The molecule has 84 valence electrons. The minimum absolute atomic E-state index is 0.499. The summed E-state index contributed by atoms with van der Waals surface area (Å²) in [6.07, 6.45) is 0. The zero-order valence-corrected chi connectivity index (χ0v) is 11.9. The molecule has 0 saturated heterocycles. The van der Waals surface area contributed by atoms with Gasteiger partial charge < -0.3 is 0 Å². The molecule has 0 amide bonds. The minimum atomic E-state index is 0.499. The first-order valence-electron chi connectivity index (χ1n) is 4.74. The van der Waals surface area contributed by atoms with Crippen LogP contribution in [0.1, 0.15) is 12.5 Å². The fraction of sp³-hybridized carbons (Fsp3) is 0.455. The Morgan fingerprint density at radius 3 is 2.53 bits per heavy atom. The predicted molar refractivity (Wildman–Crippen MR) is 71.2 cm³/mol. The molecule has 0 fully saturated rings. The Labute approximate surface area is 109 Å². The Morgan fingerprint density at radius 2 is 2.00 bits per heavy atom. The van der Waals surface area contributed by atoms with Crippen molar-refractivity contribution in [2.24, 2.45) is 0 Å². The molecular weight excluding hydrogens is 297 g/mol. The Kier molecular flexibility index (Phi) is 5.41. The number of alkyl halides is 1. The zero-order valence-electron chi connectivity index (χ0n) is 8.80. The molecule has 0 radical (unpaired) electrons. The summed E-state index contributed by atoms with van der Waals surface area (Å²) in [4.78, 5) is 2.26. The molecule has 1 rings (SSSR count). The maximum absolute atomic E-state index is 5.95. The number of hydrogen-bond donors (Lipinski definition) is 0. The summed E-state index contributed by atoms with van der Waals surface area (Å²) >= 11 is 15.3. The molecule has 0 heterocycles. The van der Waals surface area contributed by atoms with E-state index in [1.807, 2.05) is 18.2 Å². The molecule has 0 aliphatic heterocycles. The lowest BCUT2D eigenvalue weighted by Crippen LogP contribution is -2.29. The highest BCUT2D eigenvalue weighted by Crippen LogP contribution is 2.23. The van der Waals surface area contributed by atoms with Crippen molar-refractivity contribution in [3.05, 3.63) is 33.8 Å². The van der Waals surface area contributed by atoms with E-state index in [2.05, 4.69) is 34.8 Å². The number of benzene rings is 1. The second-order valence-electron chi connectivity index (χ2n) is 3.67. The van der Waals surface area contributed by atoms with E-state index < -0.39 is 0 Å². The first kappa shape index (κ1) is 13.3. The van der Waals surface area contributed by atoms with Crippen molar-refractivity contribution in [3.63, 3.8) is 0 Å². The van der Waals surface area contributed by atoms with Gasteiger partial charge in [0, 0.05) is 17.9 Å². The van der Waals surface area contributed by atoms with Crippen molar-refractivity contribution in [1.29, 1.82) is 0 Å². The molecule has 4 heteroatoms. The lowest BCUT2D eigenvalue weighted by molar-refractivity contribution is 0.271. The molecule has 0 N–H and O–H groups in total. The molecule has 1 atom stereocenters. The Balaban J connectivity index is 2.68. The molecule has 0 aromatic heterocycles. The van der Waals surface area contributed by atoms with Crippen molar-refractivity contribution in [3.8, 4) is 0 Å². The van der Waals surface area contributed by atoms with E-state index in [1.165, 1.54) is 5.56 Å². The van der Waals surface area contributed by atoms with Crippen LogP contribution in [0.5, 0.6) is 0 Å². The lowest BCUT2D eigenvalue weighted by Gasteiger charge is -2.22. The average Bonchev–Trinajstić information content (AvgIpc) is 2.22. The molecule has 1 nitrogen and oxygen atoms in total. The molecule has 1 unspecified atom stereocenters. The van der Waals surface area contributed by atoms with Gasteiger partial charge >= 0.3 is 0 Å². The largest absolute Gasteiger partial charge is 0.299 e. The van der Waals surface area contributed by atoms with Crippen LogP contribution in [0.25, 0.3) is 0 Å². The highest BCUT2D eigenvalue weighted by atomic mass is 79.9. The van der Waals surface area contributed by atoms with Gasteiger partial charge in [-0.15, -0.1) is 0 Å². The summed E-state index contributed by atoms with van der Waals surface area (Å²) in [5, 5.41) is 2.19. The highest BCUT2D eigenvalue weighted by Gasteiger charge is 2.08. The van der Waals surface area contributed by atoms with Crippen LogP contribution in [0.3, 0.4) is 0 Å². The van der Waals surface area contributed by atoms with Gasteiger partial charge in [-0.2, -0.15) is 0 Å². The van der Waals surface area contributed by atoms with Gasteiger partial charge in [0.05, 0.1) is 10.0 Å². The fourth-order valence-corrected chi connectivity index (χ4v) is 2.01. The van der Waals surface area contributed by atoms with Crippen LogP contribution in [0.2, 0.25) is 10.0 Å². The maximum Gasteiger partial charge on any atom is 0.0595 e. The summed E-state index contributed by atoms with van der Waals surface area (Å²) < 4.78 is 0. The number of rotatable bonds is 4. The van der Waals surface area contributed by atoms with E-state index >= 15 is 0 Å². The third-order valence-electron chi connectivity index (χ3n) is 2.39. The number of halogens is 3. The standard InChI is InChI=1S/C11H14BrCl2N/c1-8(6-12)15(2)7-9-3-4-10(13)11(14)5-9/h3-5,8H,6-7H2,1-2H3. The van der Waals surface area contributed by atoms with E-state index in [-0.39, 0.29) is 0 Å². The van der Waals surface area contributed by atoms with Crippen molar-refractivity contribution < 1.29 is 0 Å². The quantitative estimate of drug-likeness (QED) is 0.753. The van der Waals surface area contributed by atoms with Gasteiger partial charge in [-0.25, -0.2) is 0 Å². The molecule has 0 saturated carbocycles. The third-order valence-corrected chi connectivity index (χ3v) is 4.07. The lowest BCUT2D eigenvalue weighted by atomic mass is 10.2.